The number of benzene rings is 4. The second kappa shape index (κ2) is 13.1. The van der Waals surface area contributed by atoms with Gasteiger partial charge in [0, 0.05) is 22.6 Å². The van der Waals surface area contributed by atoms with Crippen LogP contribution < -0.4 is 14.5 Å². The molecule has 3 fully saturated rings. The molecule has 53 heavy (non-hydrogen) atoms. The maximum absolute atomic E-state index is 14.6. The first kappa shape index (κ1) is 34.9. The number of carbonyl (C=O) groups excluding carboxylic acids is 5. The summed E-state index contributed by atoms with van der Waals surface area (Å²) in [6.07, 6.45) is 1.71. The lowest BCUT2D eigenvalue weighted by molar-refractivity contribution is -0.125. The molecule has 268 valence electrons. The molecular weight excluding hydrogens is 722 g/mol. The molecule has 4 aliphatic rings. The van der Waals surface area contributed by atoms with Crippen LogP contribution in [0.5, 0.6) is 5.75 Å². The van der Waals surface area contributed by atoms with Crippen LogP contribution in [-0.2, 0) is 19.2 Å². The number of allylic oxidation sites excluding steroid dienone is 2. The summed E-state index contributed by atoms with van der Waals surface area (Å²) in [5.41, 5.74) is 2.21. The number of para-hydroxylation sites is 1. The molecule has 9 nitrogen and oxygen atoms in total. The van der Waals surface area contributed by atoms with E-state index in [4.69, 9.17) is 27.9 Å². The Balaban J connectivity index is 1.21. The number of ether oxygens (including phenoxy) is 1. The van der Waals surface area contributed by atoms with Gasteiger partial charge in [0.15, 0.2) is 15.5 Å². The molecular formula is C41H31Cl2FN2O7. The van der Waals surface area contributed by atoms with Gasteiger partial charge in [-0.1, -0.05) is 60.2 Å². The lowest BCUT2D eigenvalue weighted by Gasteiger charge is -2.50. The normalized spacial score (nSPS) is 27.7. The molecule has 2 aliphatic carbocycles. The van der Waals surface area contributed by atoms with Crippen LogP contribution in [0.4, 0.5) is 15.8 Å². The van der Waals surface area contributed by atoms with Gasteiger partial charge in [-0.15, -0.1) is 23.2 Å². The van der Waals surface area contributed by atoms with Crippen molar-refractivity contribution in [1.82, 2.24) is 0 Å². The summed E-state index contributed by atoms with van der Waals surface area (Å²) in [5.74, 6) is -6.77. The molecule has 6 atom stereocenters. The highest BCUT2D eigenvalue weighted by molar-refractivity contribution is 6.58. The molecule has 0 radical (unpaired) electrons. The number of anilines is 2. The summed E-state index contributed by atoms with van der Waals surface area (Å²) in [7, 11) is 0. The Labute approximate surface area is 313 Å². The number of carbonyl (C=O) groups is 5. The van der Waals surface area contributed by atoms with E-state index in [9.17, 15) is 33.5 Å². The summed E-state index contributed by atoms with van der Waals surface area (Å²) in [5, 5.41) is 9.58. The number of imide groups is 2. The van der Waals surface area contributed by atoms with Gasteiger partial charge in [-0.25, -0.2) is 9.29 Å². The molecule has 1 saturated carbocycles. The fraction of sp³-hybridized carbons (Fsp3) is 0.244. The zero-order chi connectivity index (χ0) is 37.2. The number of rotatable bonds is 8. The second-order valence-corrected chi connectivity index (χ2v) is 14.9. The molecule has 0 aromatic heterocycles. The smallest absolute Gasteiger partial charge is 0.258 e. The molecule has 2 aliphatic heterocycles. The van der Waals surface area contributed by atoms with Gasteiger partial charge in [0.05, 0.1) is 29.8 Å². The monoisotopic (exact) mass is 752 g/mol. The number of hydrogen-bond donors (Lipinski definition) is 1. The van der Waals surface area contributed by atoms with Crippen LogP contribution in [0.3, 0.4) is 0 Å². The molecule has 8 rings (SSSR count). The zero-order valence-corrected chi connectivity index (χ0v) is 29.5. The first-order valence-corrected chi connectivity index (χ1v) is 17.9. The predicted molar refractivity (Wildman–Crippen MR) is 194 cm³/mol. The number of ketones is 1. The van der Waals surface area contributed by atoms with Gasteiger partial charge in [0.2, 0.25) is 11.8 Å². The van der Waals surface area contributed by atoms with E-state index in [0.29, 0.717) is 22.3 Å². The van der Waals surface area contributed by atoms with Gasteiger partial charge >= 0.3 is 0 Å². The first-order chi connectivity index (χ1) is 25.5. The molecule has 1 N–H and O–H groups in total. The van der Waals surface area contributed by atoms with E-state index in [0.717, 1.165) is 21.9 Å². The van der Waals surface area contributed by atoms with Crippen LogP contribution in [0.2, 0.25) is 0 Å². The lowest BCUT2D eigenvalue weighted by atomic mass is 9.56. The number of fused-ring (bicyclic) bond motifs is 4. The average molecular weight is 754 g/mol. The molecule has 0 spiro atoms. The topological polar surface area (TPSA) is 121 Å². The van der Waals surface area contributed by atoms with Gasteiger partial charge in [-0.05, 0) is 73.4 Å². The standard InChI is InChI=1S/C41H31Cl2FN2O7/c42-40-22-31-28(18-19-30-33(31)37(50)45(36(30)49)26-14-10-24(11-15-26)35(48)23-6-2-1-3-7-23)34(29-8-4-5-9-32(29)53-21-20-47)41(40,43)39(52)46(38(40)51)27-16-12-25(44)13-17-27/h1-18,30-31,33-34,47H,19-22H2/t30-,31+,33-,34+,40+,41-/m0/s1. The van der Waals surface area contributed by atoms with E-state index in [2.05, 4.69) is 0 Å². The van der Waals surface area contributed by atoms with Crippen molar-refractivity contribution in [1.29, 1.82) is 0 Å². The highest BCUT2D eigenvalue weighted by atomic mass is 35.5. The van der Waals surface area contributed by atoms with Crippen LogP contribution in [0, 0.1) is 23.6 Å². The lowest BCUT2D eigenvalue weighted by Crippen LogP contribution is -2.60. The van der Waals surface area contributed by atoms with Crippen molar-refractivity contribution in [2.24, 2.45) is 17.8 Å². The van der Waals surface area contributed by atoms with Crippen LogP contribution in [0.15, 0.2) is 115 Å². The summed E-state index contributed by atoms with van der Waals surface area (Å²) in [4.78, 5) is 68.5. The zero-order valence-electron chi connectivity index (χ0n) is 28.0. The third kappa shape index (κ3) is 5.18. The quantitative estimate of drug-likeness (QED) is 0.0986. The van der Waals surface area contributed by atoms with Gasteiger partial charge in [0.1, 0.15) is 18.2 Å². The van der Waals surface area contributed by atoms with E-state index in [1.54, 1.807) is 72.8 Å². The fourth-order valence-corrected chi connectivity index (χ4v) is 9.45. The number of hydrogen-bond acceptors (Lipinski definition) is 7. The van der Waals surface area contributed by atoms with Crippen molar-refractivity contribution in [3.8, 4) is 5.75 Å². The van der Waals surface area contributed by atoms with E-state index < -0.39 is 62.9 Å². The fourth-order valence-electron chi connectivity index (χ4n) is 8.52. The Morgan fingerprint density at radius 3 is 2.09 bits per heavy atom. The van der Waals surface area contributed by atoms with Crippen LogP contribution in [-0.4, -0.2) is 57.5 Å². The number of aliphatic hydroxyl groups is 1. The Morgan fingerprint density at radius 2 is 1.40 bits per heavy atom. The number of amides is 4. The molecule has 2 heterocycles. The highest BCUT2D eigenvalue weighted by Gasteiger charge is 2.77. The van der Waals surface area contributed by atoms with Crippen molar-refractivity contribution in [2.45, 2.75) is 28.5 Å². The minimum Gasteiger partial charge on any atom is -0.491 e. The summed E-state index contributed by atoms with van der Waals surface area (Å²) in [6, 6.07) is 26.6. The minimum absolute atomic E-state index is 0.0710. The predicted octanol–water partition coefficient (Wildman–Crippen LogP) is 6.20. The van der Waals surface area contributed by atoms with E-state index >= 15 is 0 Å². The maximum atomic E-state index is 14.6. The highest BCUT2D eigenvalue weighted by Crippen LogP contribution is 2.66. The van der Waals surface area contributed by atoms with Crippen molar-refractivity contribution >= 4 is 64.0 Å². The van der Waals surface area contributed by atoms with E-state index in [1.807, 2.05) is 12.1 Å². The Hall–Kier alpha value is -5.16. The molecule has 4 amide bonds. The summed E-state index contributed by atoms with van der Waals surface area (Å²) in [6.45, 7) is -0.381. The van der Waals surface area contributed by atoms with Gasteiger partial charge in [-0.3, -0.25) is 28.9 Å². The summed E-state index contributed by atoms with van der Waals surface area (Å²) < 4.78 is 19.9. The van der Waals surface area contributed by atoms with Gasteiger partial charge in [0.25, 0.3) is 11.8 Å². The maximum Gasteiger partial charge on any atom is 0.258 e. The first-order valence-electron chi connectivity index (χ1n) is 17.1. The van der Waals surface area contributed by atoms with E-state index in [-0.39, 0.29) is 49.0 Å². The molecule has 4 aromatic carbocycles. The Bertz CT molecular complexity index is 2210. The van der Waals surface area contributed by atoms with E-state index in [1.165, 1.54) is 12.1 Å². The van der Waals surface area contributed by atoms with Crippen LogP contribution in [0.25, 0.3) is 0 Å². The van der Waals surface area contributed by atoms with Gasteiger partial charge in [-0.2, -0.15) is 0 Å². The van der Waals surface area contributed by atoms with Crippen LogP contribution in [0.1, 0.15) is 40.2 Å². The third-order valence-corrected chi connectivity index (χ3v) is 12.3. The average Bonchev–Trinajstić information content (AvgIpc) is 3.52. The number of aliphatic hydroxyl groups excluding tert-OH is 1. The Kier molecular flexibility index (Phi) is 8.59. The van der Waals surface area contributed by atoms with Crippen molar-refractivity contribution in [3.63, 3.8) is 0 Å². The largest absolute Gasteiger partial charge is 0.491 e. The molecule has 0 bridgehead atoms. The van der Waals surface area contributed by atoms with Crippen molar-refractivity contribution < 1.29 is 38.2 Å². The SMILES string of the molecule is O=C(c1ccccc1)c1ccc(N2C(=O)[C@H]3[C@H](CC=C4[C@H]3C[C@@]3(Cl)C(=O)N(c5ccc(F)cc5)C(=O)[C@@]3(Cl)[C@H]4c3ccccc3OCCO)C2=O)cc1. The summed E-state index contributed by atoms with van der Waals surface area (Å²) >= 11 is 14.9. The third-order valence-electron chi connectivity index (χ3n) is 10.9. The minimum atomic E-state index is -2.14. The number of nitrogens with zero attached hydrogens (tertiary/aromatic N) is 2. The molecule has 2 saturated heterocycles. The number of halogens is 3. The number of alkyl halides is 2. The molecule has 12 heteroatoms. The molecule has 0 unspecified atom stereocenters. The van der Waals surface area contributed by atoms with Gasteiger partial charge < -0.3 is 9.84 Å². The van der Waals surface area contributed by atoms with Crippen molar-refractivity contribution in [2.75, 3.05) is 23.0 Å². The second-order valence-electron chi connectivity index (χ2n) is 13.6. The van der Waals surface area contributed by atoms with Crippen molar-refractivity contribution in [3.05, 3.63) is 137 Å². The Morgan fingerprint density at radius 1 is 0.774 bits per heavy atom. The van der Waals surface area contributed by atoms with Crippen LogP contribution >= 0.6 is 23.2 Å². The molecule has 4 aromatic rings.